The molecule has 1 N–H and O–H groups in total. The fourth-order valence-corrected chi connectivity index (χ4v) is 3.31. The Labute approximate surface area is 157 Å². The van der Waals surface area contributed by atoms with Gasteiger partial charge in [-0.2, -0.15) is 13.2 Å². The molecular formula is C18H36F3NO3S. The third-order valence-corrected chi connectivity index (χ3v) is 5.35. The highest BCUT2D eigenvalue weighted by Crippen LogP contribution is 2.20. The Balaban J connectivity index is 0.000000660. The average molecular weight is 404 g/mol. The number of quaternary nitrogens is 1. The number of piperidine rings is 1. The van der Waals surface area contributed by atoms with Gasteiger partial charge in [-0.1, -0.05) is 58.8 Å². The molecule has 1 aliphatic rings. The summed E-state index contributed by atoms with van der Waals surface area (Å²) in [6.07, 6.45) is 16.1. The van der Waals surface area contributed by atoms with E-state index in [1.165, 1.54) is 90.3 Å². The first-order valence-corrected chi connectivity index (χ1v) is 11.3. The van der Waals surface area contributed by atoms with Crippen molar-refractivity contribution in [3.8, 4) is 0 Å². The second-order valence-corrected chi connectivity index (χ2v) is 8.80. The number of hydrogen-bond donors (Lipinski definition) is 1. The maximum atomic E-state index is 10.7. The number of alkyl halides is 3. The monoisotopic (exact) mass is 403 g/mol. The van der Waals surface area contributed by atoms with E-state index in [9.17, 15) is 13.2 Å². The molecule has 1 aliphatic heterocycles. The molecule has 0 aromatic heterocycles. The maximum absolute atomic E-state index is 10.7. The molecule has 0 amide bonds. The van der Waals surface area contributed by atoms with Crippen molar-refractivity contribution in [2.24, 2.45) is 5.92 Å². The van der Waals surface area contributed by atoms with Crippen molar-refractivity contribution >= 4 is 10.1 Å². The van der Waals surface area contributed by atoms with Crippen molar-refractivity contribution in [2.45, 2.75) is 90.0 Å². The fraction of sp³-hybridized carbons (Fsp3) is 1.00. The van der Waals surface area contributed by atoms with Gasteiger partial charge in [-0.25, -0.2) is 8.42 Å². The van der Waals surface area contributed by atoms with Crippen LogP contribution in [-0.2, 0) is 10.1 Å². The molecule has 4 nitrogen and oxygen atoms in total. The second-order valence-electron chi connectivity index (χ2n) is 7.43. The molecular weight excluding hydrogens is 367 g/mol. The van der Waals surface area contributed by atoms with E-state index in [0.717, 1.165) is 5.92 Å². The van der Waals surface area contributed by atoms with Crippen LogP contribution in [0.25, 0.3) is 0 Å². The number of unbranched alkanes of at least 4 members (excludes halogenated alkanes) is 8. The second kappa shape index (κ2) is 13.8. The van der Waals surface area contributed by atoms with Gasteiger partial charge in [0.25, 0.3) is 0 Å². The Morgan fingerprint density at radius 3 is 1.88 bits per heavy atom. The number of nitrogens with one attached hydrogen (secondary N) is 1. The van der Waals surface area contributed by atoms with E-state index < -0.39 is 15.6 Å². The van der Waals surface area contributed by atoms with Gasteiger partial charge in [0.2, 0.25) is 0 Å². The predicted octanol–water partition coefficient (Wildman–Crippen LogP) is 3.88. The molecule has 1 heterocycles. The number of hydrogen-bond acceptors (Lipinski definition) is 3. The summed E-state index contributed by atoms with van der Waals surface area (Å²) in [7, 11) is -6.09. The number of rotatable bonds is 10. The fourth-order valence-electron chi connectivity index (χ4n) is 3.31. The molecule has 26 heavy (non-hydrogen) atoms. The molecule has 1 saturated heterocycles. The van der Waals surface area contributed by atoms with Crippen LogP contribution >= 0.6 is 0 Å². The van der Waals surface area contributed by atoms with Gasteiger partial charge in [0, 0.05) is 5.92 Å². The van der Waals surface area contributed by atoms with Crippen molar-refractivity contribution in [2.75, 3.05) is 19.6 Å². The highest BCUT2D eigenvalue weighted by Gasteiger charge is 2.36. The van der Waals surface area contributed by atoms with Crippen molar-refractivity contribution < 1.29 is 31.0 Å². The van der Waals surface area contributed by atoms with Gasteiger partial charge >= 0.3 is 5.51 Å². The molecule has 0 radical (unpaired) electrons. The lowest BCUT2D eigenvalue weighted by Gasteiger charge is -2.27. The number of likely N-dealkylation sites (tertiary alicyclic amines) is 1. The van der Waals surface area contributed by atoms with Crippen LogP contribution in [0.2, 0.25) is 0 Å². The van der Waals surface area contributed by atoms with E-state index >= 15 is 0 Å². The molecule has 0 aromatic carbocycles. The van der Waals surface area contributed by atoms with Crippen molar-refractivity contribution in [1.82, 2.24) is 0 Å². The lowest BCUT2D eigenvalue weighted by atomic mass is 10.00. The van der Waals surface area contributed by atoms with Gasteiger partial charge in [0.15, 0.2) is 10.1 Å². The Hall–Kier alpha value is -0.340. The lowest BCUT2D eigenvalue weighted by Crippen LogP contribution is -3.13. The largest absolute Gasteiger partial charge is 0.741 e. The highest BCUT2D eigenvalue weighted by molar-refractivity contribution is 7.86. The first-order valence-electron chi connectivity index (χ1n) is 9.93. The molecule has 1 rings (SSSR count). The molecule has 8 heteroatoms. The van der Waals surface area contributed by atoms with Crippen LogP contribution in [0, 0.1) is 5.92 Å². The topological polar surface area (TPSA) is 61.6 Å². The lowest BCUT2D eigenvalue weighted by molar-refractivity contribution is -0.908. The van der Waals surface area contributed by atoms with Crippen LogP contribution < -0.4 is 4.90 Å². The summed E-state index contributed by atoms with van der Waals surface area (Å²) in [6.45, 7) is 9.05. The van der Waals surface area contributed by atoms with Crippen molar-refractivity contribution in [3.05, 3.63) is 0 Å². The highest BCUT2D eigenvalue weighted by atomic mass is 32.2. The SMILES string of the molecule is CCCCCCCCCCC[NH+]1CCCC(C)C1.O=S(=O)([O-])C(F)(F)F. The Morgan fingerprint density at radius 1 is 1.00 bits per heavy atom. The Bertz CT molecular complexity index is 441. The first kappa shape index (κ1) is 25.7. The molecule has 0 aliphatic carbocycles. The summed E-state index contributed by atoms with van der Waals surface area (Å²) in [5.41, 5.74) is -5.65. The third-order valence-electron chi connectivity index (χ3n) is 4.78. The van der Waals surface area contributed by atoms with E-state index in [1.807, 2.05) is 4.90 Å². The van der Waals surface area contributed by atoms with E-state index in [-0.39, 0.29) is 0 Å². The van der Waals surface area contributed by atoms with Crippen LogP contribution in [0.15, 0.2) is 0 Å². The van der Waals surface area contributed by atoms with E-state index in [0.29, 0.717) is 0 Å². The summed E-state index contributed by atoms with van der Waals surface area (Å²) in [4.78, 5) is 1.89. The molecule has 0 bridgehead atoms. The normalized spacial score (nSPS) is 21.2. The average Bonchev–Trinajstić information content (AvgIpc) is 2.52. The van der Waals surface area contributed by atoms with Gasteiger partial charge in [0.05, 0.1) is 19.6 Å². The minimum absolute atomic E-state index is 0.979. The zero-order valence-corrected chi connectivity index (χ0v) is 17.1. The summed E-state index contributed by atoms with van der Waals surface area (Å²) >= 11 is 0. The van der Waals surface area contributed by atoms with E-state index in [1.54, 1.807) is 0 Å². The minimum Gasteiger partial charge on any atom is -0.741 e. The van der Waals surface area contributed by atoms with Gasteiger partial charge in [0.1, 0.15) is 0 Å². The quantitative estimate of drug-likeness (QED) is 0.342. The minimum atomic E-state index is -6.09. The van der Waals surface area contributed by atoms with Crippen LogP contribution in [-0.4, -0.2) is 38.1 Å². The standard InChI is InChI=1S/C17H35N.CHF3O3S/c1-3-4-5-6-7-8-9-10-11-14-18-15-12-13-17(2)16-18;2-1(3,4)8(5,6)7/h17H,3-16H2,1-2H3;(H,5,6,7). The molecule has 0 saturated carbocycles. The zero-order valence-electron chi connectivity index (χ0n) is 16.2. The Morgan fingerprint density at radius 2 is 1.46 bits per heavy atom. The molecule has 2 atom stereocenters. The molecule has 0 aromatic rings. The van der Waals surface area contributed by atoms with Gasteiger partial charge in [-0.15, -0.1) is 0 Å². The first-order chi connectivity index (χ1) is 12.1. The Kier molecular flexibility index (Phi) is 13.6. The predicted molar refractivity (Wildman–Crippen MR) is 96.9 cm³/mol. The van der Waals surface area contributed by atoms with E-state index in [4.69, 9.17) is 13.0 Å². The maximum Gasteiger partial charge on any atom is 0.485 e. The number of halogens is 3. The van der Waals surface area contributed by atoms with Gasteiger partial charge in [-0.05, 0) is 25.7 Å². The summed E-state index contributed by atoms with van der Waals surface area (Å²) in [6, 6.07) is 0. The molecule has 2 unspecified atom stereocenters. The molecule has 0 spiro atoms. The van der Waals surface area contributed by atoms with Crippen LogP contribution in [0.5, 0.6) is 0 Å². The van der Waals surface area contributed by atoms with Crippen LogP contribution in [0.4, 0.5) is 13.2 Å². The smallest absolute Gasteiger partial charge is 0.485 e. The van der Waals surface area contributed by atoms with Gasteiger partial charge < -0.3 is 9.45 Å². The molecule has 1 fully saturated rings. The zero-order chi connectivity index (χ0) is 20.1. The summed E-state index contributed by atoms with van der Waals surface area (Å²) in [5.74, 6) is 0.979. The molecule has 158 valence electrons. The van der Waals surface area contributed by atoms with Crippen LogP contribution in [0.3, 0.4) is 0 Å². The third kappa shape index (κ3) is 13.8. The van der Waals surface area contributed by atoms with Crippen molar-refractivity contribution in [3.63, 3.8) is 0 Å². The van der Waals surface area contributed by atoms with E-state index in [2.05, 4.69) is 13.8 Å². The summed E-state index contributed by atoms with van der Waals surface area (Å²) in [5, 5.41) is 0. The van der Waals surface area contributed by atoms with Crippen molar-refractivity contribution in [1.29, 1.82) is 0 Å². The summed E-state index contributed by atoms with van der Waals surface area (Å²) < 4.78 is 58.9. The van der Waals surface area contributed by atoms with Gasteiger partial charge in [-0.3, -0.25) is 0 Å². The van der Waals surface area contributed by atoms with Crippen LogP contribution in [0.1, 0.15) is 84.5 Å².